The summed E-state index contributed by atoms with van der Waals surface area (Å²) in [4.78, 5) is 0.0137. The van der Waals surface area contributed by atoms with E-state index in [-0.39, 0.29) is 35.7 Å². The molecule has 0 aliphatic carbocycles. The van der Waals surface area contributed by atoms with Crippen LogP contribution in [-0.4, -0.2) is 40.0 Å². The molecule has 2 aromatic carbocycles. The molecule has 1 atom stereocenters. The summed E-state index contributed by atoms with van der Waals surface area (Å²) in [5.41, 5.74) is 0.823. The van der Waals surface area contributed by atoms with Crippen LogP contribution in [0, 0.1) is 12.7 Å². The van der Waals surface area contributed by atoms with E-state index >= 15 is 0 Å². The van der Waals surface area contributed by atoms with Crippen molar-refractivity contribution in [2.24, 2.45) is 0 Å². The second-order valence-corrected chi connectivity index (χ2v) is 11.1. The van der Waals surface area contributed by atoms with Crippen LogP contribution < -0.4 is 0 Å². The average Bonchev–Trinajstić information content (AvgIpc) is 2.76. The average molecular weight is 432 g/mol. The number of hydrogen-bond donors (Lipinski definition) is 0. The van der Waals surface area contributed by atoms with Crippen molar-refractivity contribution in [3.8, 4) is 0 Å². The van der Waals surface area contributed by atoms with Crippen LogP contribution in [0.15, 0.2) is 47.4 Å². The molecule has 1 unspecified atom stereocenters. The molecule has 9 heteroatoms. The summed E-state index contributed by atoms with van der Waals surface area (Å²) in [6.07, 6.45) is -0.0118. The second-order valence-electron chi connectivity index (χ2n) is 6.48. The molecule has 1 heterocycles. The van der Waals surface area contributed by atoms with E-state index in [1.807, 2.05) is 0 Å². The van der Waals surface area contributed by atoms with Gasteiger partial charge in [-0.1, -0.05) is 35.9 Å². The predicted molar refractivity (Wildman–Crippen MR) is 102 cm³/mol. The topological polar surface area (TPSA) is 71.5 Å². The van der Waals surface area contributed by atoms with E-state index in [4.69, 9.17) is 11.6 Å². The summed E-state index contributed by atoms with van der Waals surface area (Å²) in [6, 6.07) is 10.1. The van der Waals surface area contributed by atoms with Crippen LogP contribution >= 0.6 is 11.6 Å². The molecule has 5 nitrogen and oxygen atoms in total. The zero-order valence-electron chi connectivity index (χ0n) is 14.6. The summed E-state index contributed by atoms with van der Waals surface area (Å²) in [5, 5.41) is -0.747. The van der Waals surface area contributed by atoms with E-state index in [0.29, 0.717) is 5.02 Å². The molecule has 1 aliphatic rings. The number of aryl methyl sites for hydroxylation is 1. The standard InChI is InChI=1S/C18H19ClFNO4S2/c1-13-6-7-14(12-16(13)19)27(24,25)21-9-8-18(26(22,23)11-10-21)15-4-2-3-5-17(15)20/h2-7,12,18H,8-11H2,1H3. The summed E-state index contributed by atoms with van der Waals surface area (Å²) >= 11 is 6.04. The monoisotopic (exact) mass is 431 g/mol. The molecule has 2 aromatic rings. The number of halogens is 2. The Balaban J connectivity index is 1.93. The van der Waals surface area contributed by atoms with Crippen LogP contribution in [0.3, 0.4) is 0 Å². The van der Waals surface area contributed by atoms with E-state index in [2.05, 4.69) is 0 Å². The Morgan fingerprint density at radius 1 is 1.15 bits per heavy atom. The van der Waals surface area contributed by atoms with Crippen molar-refractivity contribution in [2.45, 2.75) is 23.5 Å². The highest BCUT2D eigenvalue weighted by atomic mass is 35.5. The van der Waals surface area contributed by atoms with Crippen molar-refractivity contribution >= 4 is 31.5 Å². The maximum absolute atomic E-state index is 14.1. The number of hydrogen-bond acceptors (Lipinski definition) is 4. The minimum absolute atomic E-state index is 0.0118. The summed E-state index contributed by atoms with van der Waals surface area (Å²) in [7, 11) is -7.60. The fourth-order valence-corrected chi connectivity index (χ4v) is 6.78. The van der Waals surface area contributed by atoms with Crippen molar-refractivity contribution in [3.05, 3.63) is 64.4 Å². The number of sulfone groups is 1. The Morgan fingerprint density at radius 2 is 1.85 bits per heavy atom. The first-order chi connectivity index (χ1) is 12.6. The third-order valence-electron chi connectivity index (χ3n) is 4.73. The second kappa shape index (κ2) is 7.50. The minimum atomic E-state index is -3.90. The number of rotatable bonds is 3. The lowest BCUT2D eigenvalue weighted by Crippen LogP contribution is -2.33. The normalized spacial score (nSPS) is 20.9. The highest BCUT2D eigenvalue weighted by Gasteiger charge is 2.36. The van der Waals surface area contributed by atoms with Gasteiger partial charge in [0.2, 0.25) is 10.0 Å². The lowest BCUT2D eigenvalue weighted by molar-refractivity contribution is 0.427. The van der Waals surface area contributed by atoms with Crippen molar-refractivity contribution in [1.29, 1.82) is 0 Å². The first-order valence-corrected chi connectivity index (χ1v) is 11.9. The molecular formula is C18H19ClFNO4S2. The van der Waals surface area contributed by atoms with Crippen LogP contribution in [0.5, 0.6) is 0 Å². The van der Waals surface area contributed by atoms with Crippen LogP contribution in [0.4, 0.5) is 4.39 Å². The van der Waals surface area contributed by atoms with Gasteiger partial charge in [-0.25, -0.2) is 21.2 Å². The van der Waals surface area contributed by atoms with Gasteiger partial charge in [-0.3, -0.25) is 0 Å². The van der Waals surface area contributed by atoms with Crippen molar-refractivity contribution in [2.75, 3.05) is 18.8 Å². The molecule has 1 saturated heterocycles. The zero-order valence-corrected chi connectivity index (χ0v) is 17.0. The predicted octanol–water partition coefficient (Wildman–Crippen LogP) is 3.34. The third kappa shape index (κ3) is 4.03. The van der Waals surface area contributed by atoms with Gasteiger partial charge in [0.25, 0.3) is 0 Å². The highest BCUT2D eigenvalue weighted by molar-refractivity contribution is 7.92. The van der Waals surface area contributed by atoms with Gasteiger partial charge >= 0.3 is 0 Å². The molecule has 27 heavy (non-hydrogen) atoms. The number of benzene rings is 2. The van der Waals surface area contributed by atoms with E-state index in [1.54, 1.807) is 19.1 Å². The molecule has 146 valence electrons. The van der Waals surface area contributed by atoms with Gasteiger partial charge in [-0.2, -0.15) is 4.31 Å². The summed E-state index contributed by atoms with van der Waals surface area (Å²) < 4.78 is 66.4. The fraction of sp³-hybridized carbons (Fsp3) is 0.333. The first-order valence-electron chi connectivity index (χ1n) is 8.35. The highest BCUT2D eigenvalue weighted by Crippen LogP contribution is 2.33. The molecule has 3 rings (SSSR count). The molecule has 1 aliphatic heterocycles. The van der Waals surface area contributed by atoms with Crippen molar-refractivity contribution < 1.29 is 21.2 Å². The van der Waals surface area contributed by atoms with Crippen LogP contribution in [-0.2, 0) is 19.9 Å². The smallest absolute Gasteiger partial charge is 0.228 e. The zero-order chi connectivity index (χ0) is 19.8. The SMILES string of the molecule is Cc1ccc(S(=O)(=O)N2CCC(c3ccccc3F)S(=O)(=O)CC2)cc1Cl. The van der Waals surface area contributed by atoms with Crippen LogP contribution in [0.1, 0.15) is 22.8 Å². The Bertz CT molecular complexity index is 1070. The van der Waals surface area contributed by atoms with Gasteiger partial charge in [0.15, 0.2) is 9.84 Å². The number of sulfonamides is 1. The van der Waals surface area contributed by atoms with Crippen molar-refractivity contribution in [1.82, 2.24) is 4.31 Å². The quantitative estimate of drug-likeness (QED) is 0.747. The van der Waals surface area contributed by atoms with Crippen molar-refractivity contribution in [3.63, 3.8) is 0 Å². The molecular weight excluding hydrogens is 413 g/mol. The first kappa shape index (κ1) is 20.3. The van der Waals surface area contributed by atoms with Gasteiger partial charge in [0.1, 0.15) is 5.82 Å². The molecule has 0 N–H and O–H groups in total. The molecule has 0 amide bonds. The van der Waals surface area contributed by atoms with Crippen LogP contribution in [0.2, 0.25) is 5.02 Å². The Hall–Kier alpha value is -1.48. The molecule has 0 spiro atoms. The fourth-order valence-electron chi connectivity index (χ4n) is 3.13. The number of nitrogens with zero attached hydrogens (tertiary/aromatic N) is 1. The molecule has 0 radical (unpaired) electrons. The Morgan fingerprint density at radius 3 is 2.52 bits per heavy atom. The largest absolute Gasteiger partial charge is 0.243 e. The van der Waals surface area contributed by atoms with Gasteiger partial charge in [0.05, 0.1) is 15.9 Å². The van der Waals surface area contributed by atoms with E-state index in [9.17, 15) is 21.2 Å². The maximum atomic E-state index is 14.1. The summed E-state index contributed by atoms with van der Waals surface area (Å²) in [5.74, 6) is -0.974. The van der Waals surface area contributed by atoms with E-state index < -0.39 is 30.9 Å². The van der Waals surface area contributed by atoms with E-state index in [1.165, 1.54) is 30.3 Å². The lowest BCUT2D eigenvalue weighted by atomic mass is 10.1. The van der Waals surface area contributed by atoms with E-state index in [0.717, 1.165) is 9.87 Å². The summed E-state index contributed by atoms with van der Waals surface area (Å²) in [6.45, 7) is 1.56. The third-order valence-corrected chi connectivity index (χ3v) is 9.14. The molecule has 0 aromatic heterocycles. The lowest BCUT2D eigenvalue weighted by Gasteiger charge is -2.20. The minimum Gasteiger partial charge on any atom is -0.228 e. The Kier molecular flexibility index (Phi) is 5.63. The van der Waals surface area contributed by atoms with Gasteiger partial charge in [-0.05, 0) is 37.1 Å². The van der Waals surface area contributed by atoms with Gasteiger partial charge in [0, 0.05) is 23.7 Å². The maximum Gasteiger partial charge on any atom is 0.243 e. The molecule has 0 saturated carbocycles. The molecule has 1 fully saturated rings. The Labute approximate surface area is 163 Å². The van der Waals surface area contributed by atoms with Gasteiger partial charge in [-0.15, -0.1) is 0 Å². The van der Waals surface area contributed by atoms with Gasteiger partial charge < -0.3 is 0 Å². The van der Waals surface area contributed by atoms with Crippen LogP contribution in [0.25, 0.3) is 0 Å². The molecule has 0 bridgehead atoms.